The van der Waals surface area contributed by atoms with Crippen molar-refractivity contribution in [1.82, 2.24) is 14.7 Å². The molecule has 1 unspecified atom stereocenters. The van der Waals surface area contributed by atoms with Crippen molar-refractivity contribution in [2.24, 2.45) is 5.41 Å². The molecule has 17 heavy (non-hydrogen) atoms. The number of nitrogens with zero attached hydrogens (tertiary/aromatic N) is 2. The molecule has 0 saturated heterocycles. The molecule has 0 amide bonds. The number of hydrogen-bond donors (Lipinski definition) is 1. The molecule has 0 aliphatic heterocycles. The van der Waals surface area contributed by atoms with Crippen LogP contribution in [-0.2, 0) is 10.0 Å². The van der Waals surface area contributed by atoms with Gasteiger partial charge in [-0.15, -0.1) is 0 Å². The van der Waals surface area contributed by atoms with Gasteiger partial charge in [0.1, 0.15) is 0 Å². The first-order chi connectivity index (χ1) is 7.59. The zero-order valence-electron chi connectivity index (χ0n) is 10.2. The zero-order chi connectivity index (χ0) is 13.3. The minimum atomic E-state index is -3.32. The van der Waals surface area contributed by atoms with Crippen molar-refractivity contribution in [3.63, 3.8) is 0 Å². The minimum absolute atomic E-state index is 0.104. The smallest absolute Gasteiger partial charge is 0.222 e. The average molecular weight is 278 g/mol. The Hall–Kier alpha value is -0.720. The van der Waals surface area contributed by atoms with E-state index in [1.165, 1.54) is 6.20 Å². The van der Waals surface area contributed by atoms with Gasteiger partial charge < -0.3 is 0 Å². The van der Waals surface area contributed by atoms with Gasteiger partial charge in [-0.1, -0.05) is 20.8 Å². The SMILES string of the molecule is CC(C)(C)C(NS(C)(=O)=O)c1ccnc(Cl)n1. The second-order valence-electron chi connectivity index (χ2n) is 4.94. The van der Waals surface area contributed by atoms with Crippen molar-refractivity contribution in [2.45, 2.75) is 26.8 Å². The van der Waals surface area contributed by atoms with Crippen LogP contribution in [0, 0.1) is 5.41 Å². The van der Waals surface area contributed by atoms with Crippen LogP contribution in [0.25, 0.3) is 0 Å². The van der Waals surface area contributed by atoms with Crippen LogP contribution in [0.1, 0.15) is 32.5 Å². The first-order valence-corrected chi connectivity index (χ1v) is 7.32. The Kier molecular flexibility index (Phi) is 4.11. The van der Waals surface area contributed by atoms with E-state index in [2.05, 4.69) is 14.7 Å². The molecule has 1 aromatic rings. The zero-order valence-corrected chi connectivity index (χ0v) is 11.8. The Morgan fingerprint density at radius 2 is 2.00 bits per heavy atom. The van der Waals surface area contributed by atoms with Crippen LogP contribution in [-0.4, -0.2) is 24.6 Å². The van der Waals surface area contributed by atoms with Crippen LogP contribution in [0.4, 0.5) is 0 Å². The van der Waals surface area contributed by atoms with Crippen LogP contribution in [0.15, 0.2) is 12.3 Å². The van der Waals surface area contributed by atoms with Crippen molar-refractivity contribution in [3.8, 4) is 0 Å². The maximum absolute atomic E-state index is 11.4. The molecule has 0 bridgehead atoms. The highest BCUT2D eigenvalue weighted by atomic mass is 35.5. The summed E-state index contributed by atoms with van der Waals surface area (Å²) in [6, 6.07) is 1.21. The monoisotopic (exact) mass is 277 g/mol. The maximum atomic E-state index is 11.4. The second kappa shape index (κ2) is 4.88. The highest BCUT2D eigenvalue weighted by Gasteiger charge is 2.30. The molecule has 1 rings (SSSR count). The molecule has 0 saturated carbocycles. The number of aromatic nitrogens is 2. The summed E-state index contributed by atoms with van der Waals surface area (Å²) in [5.74, 6) is 0. The van der Waals surface area contributed by atoms with Gasteiger partial charge in [-0.3, -0.25) is 0 Å². The number of halogens is 1. The Bertz CT molecular complexity index is 497. The molecule has 0 aliphatic carbocycles. The molecule has 0 aromatic carbocycles. The molecule has 7 heteroatoms. The molecular formula is C10H16ClN3O2S. The Balaban J connectivity index is 3.16. The molecule has 1 aromatic heterocycles. The van der Waals surface area contributed by atoms with Crippen LogP contribution >= 0.6 is 11.6 Å². The number of hydrogen-bond acceptors (Lipinski definition) is 4. The molecule has 0 radical (unpaired) electrons. The van der Waals surface area contributed by atoms with E-state index in [0.717, 1.165) is 6.26 Å². The van der Waals surface area contributed by atoms with E-state index in [0.29, 0.717) is 5.69 Å². The summed E-state index contributed by atoms with van der Waals surface area (Å²) in [4.78, 5) is 7.83. The fourth-order valence-corrected chi connectivity index (χ4v) is 2.46. The van der Waals surface area contributed by atoms with Gasteiger partial charge in [0.2, 0.25) is 15.3 Å². The third kappa shape index (κ3) is 4.57. The predicted octanol–water partition coefficient (Wildman–Crippen LogP) is 1.77. The van der Waals surface area contributed by atoms with E-state index < -0.39 is 16.1 Å². The van der Waals surface area contributed by atoms with E-state index in [9.17, 15) is 8.42 Å². The lowest BCUT2D eigenvalue weighted by molar-refractivity contribution is 0.299. The standard InChI is InChI=1S/C10H16ClN3O2S/c1-10(2,3)8(14-17(4,15)16)7-5-6-12-9(11)13-7/h5-6,8,14H,1-4H3. The van der Waals surface area contributed by atoms with Crippen molar-refractivity contribution < 1.29 is 8.42 Å². The lowest BCUT2D eigenvalue weighted by atomic mass is 9.85. The van der Waals surface area contributed by atoms with Gasteiger partial charge in [-0.25, -0.2) is 23.1 Å². The molecule has 0 spiro atoms. The van der Waals surface area contributed by atoms with E-state index in [-0.39, 0.29) is 10.7 Å². The fraction of sp³-hybridized carbons (Fsp3) is 0.600. The molecule has 0 fully saturated rings. The third-order valence-corrected chi connectivity index (χ3v) is 2.99. The molecule has 1 atom stereocenters. The van der Waals surface area contributed by atoms with E-state index >= 15 is 0 Å². The summed E-state index contributed by atoms with van der Waals surface area (Å²) in [5, 5.41) is 0.104. The minimum Gasteiger partial charge on any atom is -0.227 e. The van der Waals surface area contributed by atoms with Crippen molar-refractivity contribution in [3.05, 3.63) is 23.2 Å². The van der Waals surface area contributed by atoms with E-state index in [4.69, 9.17) is 11.6 Å². The van der Waals surface area contributed by atoms with Gasteiger partial charge in [0.05, 0.1) is 18.0 Å². The normalized spacial score (nSPS) is 14.6. The summed E-state index contributed by atoms with van der Waals surface area (Å²) < 4.78 is 25.3. The van der Waals surface area contributed by atoms with Gasteiger partial charge in [0.25, 0.3) is 0 Å². The Morgan fingerprint density at radius 1 is 1.41 bits per heavy atom. The van der Waals surface area contributed by atoms with Crippen LogP contribution in [0.5, 0.6) is 0 Å². The van der Waals surface area contributed by atoms with Crippen molar-refractivity contribution in [2.75, 3.05) is 6.26 Å². The van der Waals surface area contributed by atoms with Gasteiger partial charge in [0.15, 0.2) is 0 Å². The predicted molar refractivity (Wildman–Crippen MR) is 67.2 cm³/mol. The maximum Gasteiger partial charge on any atom is 0.222 e. The second-order valence-corrected chi connectivity index (χ2v) is 7.06. The van der Waals surface area contributed by atoms with E-state index in [1.54, 1.807) is 6.07 Å². The summed E-state index contributed by atoms with van der Waals surface area (Å²) in [6.07, 6.45) is 2.63. The van der Waals surface area contributed by atoms with Crippen molar-refractivity contribution in [1.29, 1.82) is 0 Å². The summed E-state index contributed by atoms with van der Waals surface area (Å²) in [6.45, 7) is 5.77. The molecule has 1 N–H and O–H groups in total. The van der Waals surface area contributed by atoms with Crippen LogP contribution in [0.2, 0.25) is 5.28 Å². The number of nitrogens with one attached hydrogen (secondary N) is 1. The summed E-state index contributed by atoms with van der Waals surface area (Å²) >= 11 is 5.71. The Morgan fingerprint density at radius 3 is 2.41 bits per heavy atom. The van der Waals surface area contributed by atoms with Gasteiger partial charge >= 0.3 is 0 Å². The lowest BCUT2D eigenvalue weighted by Crippen LogP contribution is -2.36. The van der Waals surface area contributed by atoms with Gasteiger partial charge in [-0.05, 0) is 23.1 Å². The topological polar surface area (TPSA) is 72.0 Å². The largest absolute Gasteiger partial charge is 0.227 e. The lowest BCUT2D eigenvalue weighted by Gasteiger charge is -2.30. The number of sulfonamides is 1. The molecule has 0 aliphatic rings. The van der Waals surface area contributed by atoms with Gasteiger partial charge in [0, 0.05) is 6.20 Å². The average Bonchev–Trinajstić information content (AvgIpc) is 2.11. The molecule has 96 valence electrons. The van der Waals surface area contributed by atoms with E-state index in [1.807, 2.05) is 20.8 Å². The highest BCUT2D eigenvalue weighted by molar-refractivity contribution is 7.88. The quantitative estimate of drug-likeness (QED) is 0.855. The van der Waals surface area contributed by atoms with Crippen molar-refractivity contribution >= 4 is 21.6 Å². The van der Waals surface area contributed by atoms with Gasteiger partial charge in [-0.2, -0.15) is 0 Å². The Labute approximate surface area is 107 Å². The highest BCUT2D eigenvalue weighted by Crippen LogP contribution is 2.32. The third-order valence-electron chi connectivity index (χ3n) is 2.14. The fourth-order valence-electron chi connectivity index (χ4n) is 1.40. The number of rotatable bonds is 3. The van der Waals surface area contributed by atoms with Crippen LogP contribution < -0.4 is 4.72 Å². The molecule has 5 nitrogen and oxygen atoms in total. The van der Waals surface area contributed by atoms with Crippen LogP contribution in [0.3, 0.4) is 0 Å². The summed E-state index contributed by atoms with van der Waals surface area (Å²) in [5.41, 5.74) is 0.240. The first-order valence-electron chi connectivity index (χ1n) is 5.05. The molecular weight excluding hydrogens is 262 g/mol. The summed E-state index contributed by atoms with van der Waals surface area (Å²) in [7, 11) is -3.32. The first kappa shape index (κ1) is 14.3. The molecule has 1 heterocycles.